The number of benzene rings is 1. The summed E-state index contributed by atoms with van der Waals surface area (Å²) in [6.45, 7) is 4.62. The number of phenols is 1. The summed E-state index contributed by atoms with van der Waals surface area (Å²) in [4.78, 5) is 14.8. The maximum atomic E-state index is 12.5. The van der Waals surface area contributed by atoms with Gasteiger partial charge in [-0.1, -0.05) is 12.1 Å². The first-order valence-corrected chi connectivity index (χ1v) is 8.46. The largest absolute Gasteiger partial charge is 0.508 e. The fourth-order valence-corrected chi connectivity index (χ4v) is 3.34. The number of likely N-dealkylation sites (tertiary alicyclic amines) is 1. The Morgan fingerprint density at radius 2 is 2.21 bits per heavy atom. The molecule has 1 aromatic carbocycles. The summed E-state index contributed by atoms with van der Waals surface area (Å²) in [7, 11) is 1.95. The number of carbonyl (C=O) groups excluding carboxylic acids is 1. The Kier molecular flexibility index (Phi) is 4.90. The van der Waals surface area contributed by atoms with Crippen LogP contribution in [0.5, 0.6) is 5.75 Å². The molecule has 2 aromatic rings. The minimum absolute atomic E-state index is 0.0114. The molecule has 2 heterocycles. The van der Waals surface area contributed by atoms with E-state index in [9.17, 15) is 9.90 Å². The van der Waals surface area contributed by atoms with Gasteiger partial charge in [-0.2, -0.15) is 0 Å². The van der Waals surface area contributed by atoms with Crippen LogP contribution < -0.4 is 5.32 Å². The number of phenolic OH excluding ortho intramolecular Hbond substituents is 1. The molecule has 5 nitrogen and oxygen atoms in total. The molecule has 5 heteroatoms. The molecule has 1 unspecified atom stereocenters. The van der Waals surface area contributed by atoms with Crippen LogP contribution in [0.25, 0.3) is 0 Å². The minimum Gasteiger partial charge on any atom is -0.508 e. The summed E-state index contributed by atoms with van der Waals surface area (Å²) in [5.74, 6) is 0.311. The third-order valence-electron chi connectivity index (χ3n) is 4.79. The van der Waals surface area contributed by atoms with Crippen LogP contribution in [0.1, 0.15) is 34.5 Å². The molecule has 1 aromatic heterocycles. The van der Waals surface area contributed by atoms with E-state index in [1.165, 1.54) is 0 Å². The van der Waals surface area contributed by atoms with Gasteiger partial charge in [-0.05, 0) is 50.1 Å². The highest BCUT2D eigenvalue weighted by Crippen LogP contribution is 2.17. The highest BCUT2D eigenvalue weighted by Gasteiger charge is 2.23. The lowest BCUT2D eigenvalue weighted by molar-refractivity contribution is 0.0900. The first-order chi connectivity index (χ1) is 11.5. The molecular weight excluding hydrogens is 302 g/mol. The Bertz CT molecular complexity index is 723. The zero-order valence-electron chi connectivity index (χ0n) is 14.3. The van der Waals surface area contributed by atoms with Crippen LogP contribution in [0.3, 0.4) is 0 Å². The Labute approximate surface area is 142 Å². The van der Waals surface area contributed by atoms with Crippen molar-refractivity contribution in [2.45, 2.75) is 32.4 Å². The zero-order valence-corrected chi connectivity index (χ0v) is 14.3. The number of hydrogen-bond donors (Lipinski definition) is 2. The van der Waals surface area contributed by atoms with E-state index in [1.54, 1.807) is 12.1 Å². The molecule has 1 aliphatic heterocycles. The topological polar surface area (TPSA) is 57.5 Å². The monoisotopic (exact) mass is 327 g/mol. The minimum atomic E-state index is 0.0114. The van der Waals surface area contributed by atoms with E-state index in [4.69, 9.17) is 0 Å². The zero-order chi connectivity index (χ0) is 17.1. The molecule has 1 atom stereocenters. The third kappa shape index (κ3) is 3.79. The quantitative estimate of drug-likeness (QED) is 0.907. The Balaban J connectivity index is 1.59. The number of aromatic hydroxyl groups is 1. The number of carbonyl (C=O) groups is 1. The van der Waals surface area contributed by atoms with Crippen LogP contribution >= 0.6 is 0 Å². The molecule has 1 amide bonds. The van der Waals surface area contributed by atoms with E-state index in [2.05, 4.69) is 10.2 Å². The van der Waals surface area contributed by atoms with Crippen molar-refractivity contribution in [2.75, 3.05) is 13.1 Å². The van der Waals surface area contributed by atoms with Crippen molar-refractivity contribution >= 4 is 5.91 Å². The summed E-state index contributed by atoms with van der Waals surface area (Å²) in [6.07, 6.45) is 3.99. The number of piperidine rings is 1. The average Bonchev–Trinajstić information content (AvgIpc) is 2.87. The molecule has 2 N–H and O–H groups in total. The van der Waals surface area contributed by atoms with E-state index in [0.717, 1.165) is 49.3 Å². The number of nitrogens with one attached hydrogen (secondary N) is 1. The first-order valence-electron chi connectivity index (χ1n) is 8.46. The summed E-state index contributed by atoms with van der Waals surface area (Å²) in [5.41, 5.74) is 2.84. The van der Waals surface area contributed by atoms with Gasteiger partial charge in [0.25, 0.3) is 5.91 Å². The third-order valence-corrected chi connectivity index (χ3v) is 4.79. The van der Waals surface area contributed by atoms with E-state index in [0.29, 0.717) is 5.75 Å². The average molecular weight is 327 g/mol. The molecular formula is C19H25N3O2. The molecule has 0 radical (unpaired) electrons. The van der Waals surface area contributed by atoms with Gasteiger partial charge in [-0.25, -0.2) is 0 Å². The second kappa shape index (κ2) is 7.09. The lowest BCUT2D eigenvalue weighted by Gasteiger charge is -2.33. The number of aromatic nitrogens is 1. The van der Waals surface area contributed by atoms with E-state index in [-0.39, 0.29) is 11.9 Å². The molecule has 24 heavy (non-hydrogen) atoms. The van der Waals surface area contributed by atoms with Gasteiger partial charge in [-0.15, -0.1) is 0 Å². The molecule has 1 fully saturated rings. The predicted octanol–water partition coefficient (Wildman–Crippen LogP) is 2.43. The smallest absolute Gasteiger partial charge is 0.253 e. The predicted molar refractivity (Wildman–Crippen MR) is 94.0 cm³/mol. The lowest BCUT2D eigenvalue weighted by Crippen LogP contribution is -2.47. The molecule has 0 spiro atoms. The second-order valence-electron chi connectivity index (χ2n) is 6.64. The molecule has 0 aliphatic carbocycles. The summed E-state index contributed by atoms with van der Waals surface area (Å²) < 4.78 is 1.96. The van der Waals surface area contributed by atoms with Crippen molar-refractivity contribution in [1.29, 1.82) is 0 Å². The SMILES string of the molecule is Cc1c(C(=O)NC2CCCN(Cc3cccc(O)c3)C2)ccn1C. The van der Waals surface area contributed by atoms with Crippen LogP contribution in [-0.2, 0) is 13.6 Å². The maximum Gasteiger partial charge on any atom is 0.253 e. The van der Waals surface area contributed by atoms with Gasteiger partial charge >= 0.3 is 0 Å². The van der Waals surface area contributed by atoms with Crippen molar-refractivity contribution in [2.24, 2.45) is 7.05 Å². The summed E-state index contributed by atoms with van der Waals surface area (Å²) in [5, 5.41) is 12.8. The number of rotatable bonds is 4. The molecule has 3 rings (SSSR count). The van der Waals surface area contributed by atoms with Crippen LogP contribution in [0.4, 0.5) is 0 Å². The van der Waals surface area contributed by atoms with Gasteiger partial charge < -0.3 is 15.0 Å². The second-order valence-corrected chi connectivity index (χ2v) is 6.64. The molecule has 1 saturated heterocycles. The van der Waals surface area contributed by atoms with Gasteiger partial charge in [0.2, 0.25) is 0 Å². The fourth-order valence-electron chi connectivity index (χ4n) is 3.34. The van der Waals surface area contributed by atoms with Crippen LogP contribution in [0.2, 0.25) is 0 Å². The van der Waals surface area contributed by atoms with E-state index < -0.39 is 0 Å². The van der Waals surface area contributed by atoms with Gasteiger partial charge in [-0.3, -0.25) is 9.69 Å². The Hall–Kier alpha value is -2.27. The lowest BCUT2D eigenvalue weighted by atomic mass is 10.0. The standard InChI is InChI=1S/C19H25N3O2/c1-14-18(8-10-21(14)2)19(24)20-16-6-4-9-22(13-16)12-15-5-3-7-17(23)11-15/h3,5,7-8,10-11,16,23H,4,6,9,12-13H2,1-2H3,(H,20,24). The van der Waals surface area contributed by atoms with Crippen molar-refractivity contribution in [3.63, 3.8) is 0 Å². The van der Waals surface area contributed by atoms with Crippen molar-refractivity contribution in [3.05, 3.63) is 53.3 Å². The Morgan fingerprint density at radius 1 is 1.38 bits per heavy atom. The van der Waals surface area contributed by atoms with Gasteiger partial charge in [0.1, 0.15) is 5.75 Å². The molecule has 0 saturated carbocycles. The van der Waals surface area contributed by atoms with Crippen molar-refractivity contribution in [3.8, 4) is 5.75 Å². The number of nitrogens with zero attached hydrogens (tertiary/aromatic N) is 2. The van der Waals surface area contributed by atoms with E-state index >= 15 is 0 Å². The first kappa shape index (κ1) is 16.6. The summed E-state index contributed by atoms with van der Waals surface area (Å²) >= 11 is 0. The normalized spacial score (nSPS) is 18.5. The molecule has 1 aliphatic rings. The van der Waals surface area contributed by atoms with Gasteiger partial charge in [0.05, 0.1) is 5.56 Å². The van der Waals surface area contributed by atoms with E-state index in [1.807, 2.05) is 42.9 Å². The highest BCUT2D eigenvalue weighted by molar-refractivity contribution is 5.95. The van der Waals surface area contributed by atoms with Crippen molar-refractivity contribution in [1.82, 2.24) is 14.8 Å². The van der Waals surface area contributed by atoms with Gasteiger partial charge in [0.15, 0.2) is 0 Å². The van der Waals surface area contributed by atoms with Crippen LogP contribution in [0.15, 0.2) is 36.5 Å². The number of hydrogen-bond acceptors (Lipinski definition) is 3. The van der Waals surface area contributed by atoms with Gasteiger partial charge in [0, 0.05) is 38.1 Å². The number of amides is 1. The summed E-state index contributed by atoms with van der Waals surface area (Å²) in [6, 6.07) is 9.42. The maximum absolute atomic E-state index is 12.5. The Morgan fingerprint density at radius 3 is 2.92 bits per heavy atom. The van der Waals surface area contributed by atoms with Crippen molar-refractivity contribution < 1.29 is 9.90 Å². The van der Waals surface area contributed by atoms with Crippen LogP contribution in [-0.4, -0.2) is 39.6 Å². The molecule has 128 valence electrons. The number of aryl methyl sites for hydroxylation is 1. The molecule has 0 bridgehead atoms. The fraction of sp³-hybridized carbons (Fsp3) is 0.421. The highest BCUT2D eigenvalue weighted by atomic mass is 16.3. The van der Waals surface area contributed by atoms with Crippen LogP contribution in [0, 0.1) is 6.92 Å².